The van der Waals surface area contributed by atoms with E-state index in [4.69, 9.17) is 32.4 Å². The van der Waals surface area contributed by atoms with E-state index in [1.54, 1.807) is 18.2 Å². The lowest BCUT2D eigenvalue weighted by molar-refractivity contribution is -0.148. The number of amides is 1. The number of hydrogen-bond acceptors (Lipinski definition) is 7. The van der Waals surface area contributed by atoms with Crippen LogP contribution in [0.5, 0.6) is 0 Å². The van der Waals surface area contributed by atoms with Gasteiger partial charge in [0.2, 0.25) is 5.89 Å². The van der Waals surface area contributed by atoms with Crippen molar-refractivity contribution in [1.29, 1.82) is 0 Å². The standard InChI is InChI=1S/C21H19Cl2N3O4S/c1-2-10-26(12-18-24-25-21(30-18)17-7-4-11-31-17)19(27)13-29-20(28)9-8-14-15(22)5-3-6-16(14)23/h3-9,11H,2,10,12-13H2,1H3/b9-8+. The molecule has 1 aromatic carbocycles. The normalized spacial score (nSPS) is 11.1. The lowest BCUT2D eigenvalue weighted by Gasteiger charge is -2.19. The van der Waals surface area contributed by atoms with Gasteiger partial charge in [0, 0.05) is 28.2 Å². The molecule has 1 amide bonds. The Balaban J connectivity index is 1.56. The summed E-state index contributed by atoms with van der Waals surface area (Å²) in [6.45, 7) is 2.12. The van der Waals surface area contributed by atoms with Crippen LogP contribution in [0.3, 0.4) is 0 Å². The van der Waals surface area contributed by atoms with Crippen LogP contribution in [0, 0.1) is 0 Å². The third-order valence-electron chi connectivity index (χ3n) is 4.09. The van der Waals surface area contributed by atoms with Crippen molar-refractivity contribution in [2.45, 2.75) is 19.9 Å². The molecule has 0 aliphatic rings. The van der Waals surface area contributed by atoms with Gasteiger partial charge in [-0.1, -0.05) is 42.3 Å². The first-order valence-electron chi connectivity index (χ1n) is 9.40. The van der Waals surface area contributed by atoms with Crippen LogP contribution in [0.15, 0.2) is 46.2 Å². The fourth-order valence-electron chi connectivity index (χ4n) is 2.64. The molecule has 3 aromatic rings. The third-order valence-corrected chi connectivity index (χ3v) is 5.61. The molecule has 0 fully saturated rings. The quantitative estimate of drug-likeness (QED) is 0.313. The second kappa shape index (κ2) is 11.1. The fraction of sp³-hybridized carbons (Fsp3) is 0.238. The molecule has 2 aromatic heterocycles. The van der Waals surface area contributed by atoms with Crippen LogP contribution in [0.4, 0.5) is 0 Å². The van der Waals surface area contributed by atoms with E-state index in [2.05, 4.69) is 10.2 Å². The van der Waals surface area contributed by atoms with Gasteiger partial charge in [0.05, 0.1) is 11.4 Å². The van der Waals surface area contributed by atoms with Crippen molar-refractivity contribution in [2.75, 3.05) is 13.2 Å². The minimum Gasteiger partial charge on any atom is -0.452 e. The van der Waals surface area contributed by atoms with Crippen molar-refractivity contribution in [2.24, 2.45) is 0 Å². The number of ether oxygens (including phenoxy) is 1. The van der Waals surface area contributed by atoms with Crippen LogP contribution in [0.2, 0.25) is 10.0 Å². The number of carbonyl (C=O) groups is 2. The molecule has 162 valence electrons. The summed E-state index contributed by atoms with van der Waals surface area (Å²) in [4.78, 5) is 26.9. The molecule has 10 heteroatoms. The minimum absolute atomic E-state index is 0.133. The molecule has 0 atom stereocenters. The molecule has 2 heterocycles. The third kappa shape index (κ3) is 6.40. The SMILES string of the molecule is CCCN(Cc1nnc(-c2cccs2)o1)C(=O)COC(=O)/C=C/c1c(Cl)cccc1Cl. The van der Waals surface area contributed by atoms with E-state index in [0.717, 1.165) is 11.3 Å². The zero-order valence-corrected chi connectivity index (χ0v) is 18.9. The number of esters is 1. The molecule has 0 aliphatic carbocycles. The predicted octanol–water partition coefficient (Wildman–Crippen LogP) is 5.10. The van der Waals surface area contributed by atoms with Crippen molar-refractivity contribution >= 4 is 52.5 Å². The van der Waals surface area contributed by atoms with Gasteiger partial charge in [-0.15, -0.1) is 21.5 Å². The molecule has 0 bridgehead atoms. The van der Waals surface area contributed by atoms with Gasteiger partial charge in [-0.05, 0) is 36.1 Å². The Bertz CT molecular complexity index is 1050. The number of carbonyl (C=O) groups excluding carboxylic acids is 2. The Morgan fingerprint density at radius 3 is 2.65 bits per heavy atom. The van der Waals surface area contributed by atoms with Crippen molar-refractivity contribution < 1.29 is 18.7 Å². The summed E-state index contributed by atoms with van der Waals surface area (Å²) < 4.78 is 10.7. The lowest BCUT2D eigenvalue weighted by atomic mass is 10.2. The van der Waals surface area contributed by atoms with E-state index >= 15 is 0 Å². The van der Waals surface area contributed by atoms with Gasteiger partial charge < -0.3 is 14.1 Å². The largest absolute Gasteiger partial charge is 0.452 e. The van der Waals surface area contributed by atoms with Crippen molar-refractivity contribution in [3.63, 3.8) is 0 Å². The van der Waals surface area contributed by atoms with Gasteiger partial charge in [0.15, 0.2) is 6.61 Å². The highest BCUT2D eigenvalue weighted by Crippen LogP contribution is 2.25. The Hall–Kier alpha value is -2.68. The highest BCUT2D eigenvalue weighted by molar-refractivity contribution is 7.13. The Kier molecular flexibility index (Phi) is 8.22. The van der Waals surface area contributed by atoms with Gasteiger partial charge in [-0.25, -0.2) is 4.79 Å². The molecule has 0 unspecified atom stereocenters. The number of thiophene rings is 1. The second-order valence-electron chi connectivity index (χ2n) is 6.37. The summed E-state index contributed by atoms with van der Waals surface area (Å²) in [7, 11) is 0. The van der Waals surface area contributed by atoms with E-state index in [0.29, 0.717) is 33.9 Å². The summed E-state index contributed by atoms with van der Waals surface area (Å²) in [5.41, 5.74) is 0.500. The topological polar surface area (TPSA) is 85.5 Å². The maximum absolute atomic E-state index is 12.6. The van der Waals surface area contributed by atoms with Crippen LogP contribution >= 0.6 is 34.5 Å². The van der Waals surface area contributed by atoms with Crippen molar-refractivity contribution in [3.05, 3.63) is 63.3 Å². The smallest absolute Gasteiger partial charge is 0.331 e. The molecular weight excluding hydrogens is 461 g/mol. The summed E-state index contributed by atoms with van der Waals surface area (Å²) in [6, 6.07) is 8.78. The van der Waals surface area contributed by atoms with E-state index in [1.807, 2.05) is 24.4 Å². The molecule has 0 N–H and O–H groups in total. The average molecular weight is 480 g/mol. The minimum atomic E-state index is -0.682. The lowest BCUT2D eigenvalue weighted by Crippen LogP contribution is -2.34. The molecule has 3 rings (SSSR count). The highest BCUT2D eigenvalue weighted by atomic mass is 35.5. The second-order valence-corrected chi connectivity index (χ2v) is 8.13. The van der Waals surface area contributed by atoms with Crippen LogP contribution in [0.1, 0.15) is 24.8 Å². The van der Waals surface area contributed by atoms with E-state index in [9.17, 15) is 9.59 Å². The first kappa shape index (κ1) is 23.0. The number of halogens is 2. The summed E-state index contributed by atoms with van der Waals surface area (Å²) in [6.07, 6.45) is 3.35. The van der Waals surface area contributed by atoms with E-state index in [1.165, 1.54) is 28.4 Å². The van der Waals surface area contributed by atoms with Crippen molar-refractivity contribution in [3.8, 4) is 10.8 Å². The molecule has 0 saturated carbocycles. The molecule has 0 radical (unpaired) electrons. The Labute approximate surface area is 193 Å². The molecule has 0 aliphatic heterocycles. The fourth-order valence-corrected chi connectivity index (χ4v) is 3.80. The molecule has 0 saturated heterocycles. The Morgan fingerprint density at radius 2 is 1.97 bits per heavy atom. The Morgan fingerprint density at radius 1 is 1.19 bits per heavy atom. The summed E-state index contributed by atoms with van der Waals surface area (Å²) >= 11 is 13.6. The number of hydrogen-bond donors (Lipinski definition) is 0. The summed E-state index contributed by atoms with van der Waals surface area (Å²) in [5, 5.41) is 10.7. The number of aromatic nitrogens is 2. The maximum Gasteiger partial charge on any atom is 0.331 e. The van der Waals surface area contributed by atoms with Gasteiger partial charge in [-0.3, -0.25) is 4.79 Å². The monoisotopic (exact) mass is 479 g/mol. The number of rotatable bonds is 9. The molecule has 0 spiro atoms. The molecular formula is C21H19Cl2N3O4S. The van der Waals surface area contributed by atoms with Crippen LogP contribution in [-0.4, -0.2) is 40.1 Å². The number of nitrogens with zero attached hydrogens (tertiary/aromatic N) is 3. The van der Waals surface area contributed by atoms with E-state index < -0.39 is 12.6 Å². The van der Waals surface area contributed by atoms with Crippen LogP contribution in [-0.2, 0) is 20.9 Å². The van der Waals surface area contributed by atoms with Gasteiger partial charge in [0.25, 0.3) is 11.8 Å². The number of benzene rings is 1. The molecule has 31 heavy (non-hydrogen) atoms. The zero-order chi connectivity index (χ0) is 22.2. The zero-order valence-electron chi connectivity index (χ0n) is 16.6. The van der Waals surface area contributed by atoms with Gasteiger partial charge in [-0.2, -0.15) is 0 Å². The van der Waals surface area contributed by atoms with Crippen molar-refractivity contribution in [1.82, 2.24) is 15.1 Å². The average Bonchev–Trinajstić information content (AvgIpc) is 3.43. The molecule has 7 nitrogen and oxygen atoms in total. The van der Waals surface area contributed by atoms with Gasteiger partial charge in [0.1, 0.15) is 0 Å². The highest BCUT2D eigenvalue weighted by Gasteiger charge is 2.19. The summed E-state index contributed by atoms with van der Waals surface area (Å²) in [5.74, 6) is -0.331. The van der Waals surface area contributed by atoms with Crippen LogP contribution in [0.25, 0.3) is 16.8 Å². The first-order chi connectivity index (χ1) is 15.0. The van der Waals surface area contributed by atoms with Gasteiger partial charge >= 0.3 is 5.97 Å². The van der Waals surface area contributed by atoms with E-state index in [-0.39, 0.29) is 12.5 Å². The predicted molar refractivity (Wildman–Crippen MR) is 120 cm³/mol. The first-order valence-corrected chi connectivity index (χ1v) is 11.0. The maximum atomic E-state index is 12.6. The van der Waals surface area contributed by atoms with Crippen LogP contribution < -0.4 is 0 Å².